The summed E-state index contributed by atoms with van der Waals surface area (Å²) in [7, 11) is 0. The molecule has 33 heavy (non-hydrogen) atoms. The van der Waals surface area contributed by atoms with Crippen molar-refractivity contribution in [2.75, 3.05) is 6.61 Å². The van der Waals surface area contributed by atoms with E-state index < -0.39 is 36.5 Å². The number of Topliss-reactive ketones (excluding diaryl/α,β-unsaturated/α-hetero) is 1. The maximum atomic E-state index is 12.9. The molecule has 0 bridgehead atoms. The van der Waals surface area contributed by atoms with E-state index in [1.165, 1.54) is 12.3 Å². The third kappa shape index (κ3) is 6.45. The van der Waals surface area contributed by atoms with Gasteiger partial charge >= 0.3 is 12.1 Å². The van der Waals surface area contributed by atoms with Gasteiger partial charge in [0.1, 0.15) is 5.78 Å². The first kappa shape index (κ1) is 24.5. The number of carbonyl (C=O) groups is 2. The molecule has 1 aliphatic carbocycles. The molecule has 1 aliphatic rings. The highest BCUT2D eigenvalue weighted by molar-refractivity contribution is 5.95. The number of ether oxygens (including phenoxy) is 1. The highest BCUT2D eigenvalue weighted by atomic mass is 19.4. The highest BCUT2D eigenvalue weighted by Gasteiger charge is 2.58. The van der Waals surface area contributed by atoms with Gasteiger partial charge in [-0.1, -0.05) is 6.07 Å². The Morgan fingerprint density at radius 3 is 2.45 bits per heavy atom. The van der Waals surface area contributed by atoms with E-state index >= 15 is 0 Å². The maximum Gasteiger partial charge on any atom is 0.456 e. The molecule has 0 aliphatic heterocycles. The van der Waals surface area contributed by atoms with E-state index in [1.54, 1.807) is 26.0 Å². The quantitative estimate of drug-likeness (QED) is 0.550. The molecule has 2 aromatic rings. The molecule has 0 saturated heterocycles. The summed E-state index contributed by atoms with van der Waals surface area (Å²) >= 11 is 0. The van der Waals surface area contributed by atoms with Crippen LogP contribution >= 0.6 is 0 Å². The minimum Gasteiger partial charge on any atom is -0.471 e. The summed E-state index contributed by atoms with van der Waals surface area (Å²) in [5.74, 6) is -5.63. The van der Waals surface area contributed by atoms with E-state index in [4.69, 9.17) is 0 Å². The summed E-state index contributed by atoms with van der Waals surface area (Å²) in [6.45, 7) is 1.48. The van der Waals surface area contributed by atoms with Crippen molar-refractivity contribution >= 4 is 11.7 Å². The predicted octanol–water partition coefficient (Wildman–Crippen LogP) is 4.37. The second-order valence-corrected chi connectivity index (χ2v) is 8.02. The van der Waals surface area contributed by atoms with Gasteiger partial charge in [0, 0.05) is 41.6 Å². The van der Waals surface area contributed by atoms with E-state index in [0.717, 1.165) is 18.9 Å². The van der Waals surface area contributed by atoms with Gasteiger partial charge in [-0.3, -0.25) is 14.6 Å². The predicted molar refractivity (Wildman–Crippen MR) is 107 cm³/mol. The average Bonchev–Trinajstić information content (AvgIpc) is 3.57. The Balaban J connectivity index is 1.60. The van der Waals surface area contributed by atoms with Crippen LogP contribution in [0.15, 0.2) is 30.5 Å². The molecule has 0 aromatic carbocycles. The summed E-state index contributed by atoms with van der Waals surface area (Å²) in [6, 6.07) is 5.13. The number of hydrogen-bond donors (Lipinski definition) is 1. The molecule has 3 rings (SSSR count). The Bertz CT molecular complexity index is 1020. The lowest BCUT2D eigenvalue weighted by atomic mass is 10.1. The van der Waals surface area contributed by atoms with Crippen LogP contribution in [0.1, 0.15) is 53.1 Å². The number of hydrogen-bond acceptors (Lipinski definition) is 5. The Hall–Kier alpha value is -3.11. The molecule has 1 atom stereocenters. The number of nitrogens with one attached hydrogen (secondary N) is 1. The molecule has 1 N–H and O–H groups in total. The lowest BCUT2D eigenvalue weighted by molar-refractivity contribution is -0.290. The van der Waals surface area contributed by atoms with Crippen molar-refractivity contribution in [2.45, 2.75) is 51.3 Å². The second-order valence-electron chi connectivity index (χ2n) is 8.02. The number of amides is 1. The van der Waals surface area contributed by atoms with Gasteiger partial charge in [0.25, 0.3) is 5.91 Å². The second kappa shape index (κ2) is 9.40. The van der Waals surface area contributed by atoms with E-state index in [-0.39, 0.29) is 18.1 Å². The zero-order valence-electron chi connectivity index (χ0n) is 17.9. The number of halogens is 5. The number of aryl methyl sites for hydroxylation is 1. The van der Waals surface area contributed by atoms with Crippen molar-refractivity contribution in [1.82, 2.24) is 15.3 Å². The van der Waals surface area contributed by atoms with Gasteiger partial charge in [-0.25, -0.2) is 4.98 Å². The van der Waals surface area contributed by atoms with Crippen molar-refractivity contribution in [2.24, 2.45) is 5.92 Å². The van der Waals surface area contributed by atoms with Gasteiger partial charge in [0.05, 0.1) is 6.04 Å². The van der Waals surface area contributed by atoms with Crippen molar-refractivity contribution in [3.05, 3.63) is 53.0 Å². The number of ketones is 1. The lowest BCUT2D eigenvalue weighted by Crippen LogP contribution is -2.41. The maximum absolute atomic E-state index is 12.9. The van der Waals surface area contributed by atoms with E-state index in [0.29, 0.717) is 22.5 Å². The van der Waals surface area contributed by atoms with Crippen molar-refractivity contribution in [3.63, 3.8) is 0 Å². The van der Waals surface area contributed by atoms with Gasteiger partial charge in [-0.2, -0.15) is 22.0 Å². The van der Waals surface area contributed by atoms with Crippen LogP contribution in [-0.2, 0) is 11.2 Å². The fourth-order valence-electron chi connectivity index (χ4n) is 3.03. The molecule has 2 heterocycles. The smallest absolute Gasteiger partial charge is 0.456 e. The van der Waals surface area contributed by atoms with Crippen LogP contribution in [0, 0.1) is 12.8 Å². The molecule has 1 unspecified atom stereocenters. The largest absolute Gasteiger partial charge is 0.471 e. The monoisotopic (exact) mass is 471 g/mol. The molecule has 0 spiro atoms. The Labute approximate surface area is 186 Å². The van der Waals surface area contributed by atoms with Crippen LogP contribution in [0.5, 0.6) is 5.88 Å². The van der Waals surface area contributed by atoms with Crippen LogP contribution in [0.25, 0.3) is 0 Å². The third-order valence-electron chi connectivity index (χ3n) is 5.08. The highest BCUT2D eigenvalue weighted by Crippen LogP contribution is 2.35. The van der Waals surface area contributed by atoms with E-state index in [1.807, 2.05) is 0 Å². The van der Waals surface area contributed by atoms with Gasteiger partial charge < -0.3 is 10.1 Å². The molecule has 1 fully saturated rings. The molecular weight excluding hydrogens is 449 g/mol. The molecule has 1 amide bonds. The van der Waals surface area contributed by atoms with Gasteiger partial charge in [-0.15, -0.1) is 0 Å². The van der Waals surface area contributed by atoms with Crippen molar-refractivity contribution < 1.29 is 36.3 Å². The fourth-order valence-corrected chi connectivity index (χ4v) is 3.03. The third-order valence-corrected chi connectivity index (χ3v) is 5.08. The van der Waals surface area contributed by atoms with Crippen molar-refractivity contribution in [1.29, 1.82) is 0 Å². The number of nitrogens with zero attached hydrogens (tertiary/aromatic N) is 2. The summed E-state index contributed by atoms with van der Waals surface area (Å²) in [5, 5.41) is 2.75. The van der Waals surface area contributed by atoms with Crippen molar-refractivity contribution in [3.8, 4) is 5.88 Å². The van der Waals surface area contributed by atoms with Crippen LogP contribution in [0.2, 0.25) is 0 Å². The van der Waals surface area contributed by atoms with Crippen LogP contribution in [0.3, 0.4) is 0 Å². The number of pyridine rings is 2. The van der Waals surface area contributed by atoms with Gasteiger partial charge in [-0.05, 0) is 44.4 Å². The molecule has 11 heteroatoms. The molecule has 6 nitrogen and oxygen atoms in total. The van der Waals surface area contributed by atoms with Crippen LogP contribution < -0.4 is 10.1 Å². The standard InChI is InChI=1S/C22H22F5N3O3/c1-12-7-16(8-17(29-12)9-18(31)14-3-4-14)20(32)30-13(2)15-5-6-19(28-10-15)33-11-21(23,24)22(25,26)27/h5-8,10,13-14H,3-4,9,11H2,1-2H3,(H,30,32). The number of alkyl halides is 5. The molecule has 1 saturated carbocycles. The number of rotatable bonds is 9. The summed E-state index contributed by atoms with van der Waals surface area (Å²) in [4.78, 5) is 32.8. The molecule has 2 aromatic heterocycles. The molecule has 178 valence electrons. The summed E-state index contributed by atoms with van der Waals surface area (Å²) in [5.41, 5.74) is 1.92. The first-order valence-electron chi connectivity index (χ1n) is 10.2. The minimum absolute atomic E-state index is 0.0868. The normalized spacial score (nSPS) is 15.1. The Morgan fingerprint density at radius 2 is 1.88 bits per heavy atom. The van der Waals surface area contributed by atoms with Crippen LogP contribution in [-0.4, -0.2) is 40.4 Å². The first-order chi connectivity index (χ1) is 15.4. The zero-order valence-corrected chi connectivity index (χ0v) is 17.9. The summed E-state index contributed by atoms with van der Waals surface area (Å²) in [6.07, 6.45) is -2.57. The summed E-state index contributed by atoms with van der Waals surface area (Å²) < 4.78 is 67.0. The average molecular weight is 471 g/mol. The zero-order chi connectivity index (χ0) is 24.4. The topological polar surface area (TPSA) is 81.2 Å². The lowest BCUT2D eigenvalue weighted by Gasteiger charge is -2.19. The molecular formula is C22H22F5N3O3. The first-order valence-corrected chi connectivity index (χ1v) is 10.2. The van der Waals surface area contributed by atoms with Gasteiger partial charge in [0.2, 0.25) is 5.88 Å². The van der Waals surface area contributed by atoms with E-state index in [2.05, 4.69) is 20.0 Å². The van der Waals surface area contributed by atoms with Gasteiger partial charge in [0.15, 0.2) is 6.61 Å². The van der Waals surface area contributed by atoms with Crippen LogP contribution in [0.4, 0.5) is 22.0 Å². The Kier molecular flexibility index (Phi) is 6.99. The Morgan fingerprint density at radius 1 is 1.18 bits per heavy atom. The number of aromatic nitrogens is 2. The minimum atomic E-state index is -5.72. The SMILES string of the molecule is Cc1cc(C(=O)NC(C)c2ccc(OCC(F)(F)C(F)(F)F)nc2)cc(CC(=O)C2CC2)n1. The number of carbonyl (C=O) groups excluding carboxylic acids is 2. The van der Waals surface area contributed by atoms with E-state index in [9.17, 15) is 31.5 Å². The molecule has 0 radical (unpaired) electrons. The fraction of sp³-hybridized carbons (Fsp3) is 0.455.